The normalized spacial score (nSPS) is 9.73. The van der Waals surface area contributed by atoms with Gasteiger partial charge in [0.25, 0.3) is 0 Å². The molecule has 0 atom stereocenters. The van der Waals surface area contributed by atoms with Gasteiger partial charge in [-0.15, -0.1) is 0 Å². The van der Waals surface area contributed by atoms with E-state index in [2.05, 4.69) is 44.2 Å². The van der Waals surface area contributed by atoms with Crippen LogP contribution in [0, 0.1) is 5.92 Å². The van der Waals surface area contributed by atoms with Gasteiger partial charge >= 0.3 is 76.4 Å². The quantitative estimate of drug-likeness (QED) is 0.656. The van der Waals surface area contributed by atoms with Gasteiger partial charge in [-0.2, -0.15) is 0 Å². The van der Waals surface area contributed by atoms with E-state index in [0.717, 1.165) is 5.92 Å². The van der Waals surface area contributed by atoms with E-state index in [1.807, 2.05) is 0 Å². The van der Waals surface area contributed by atoms with E-state index in [4.69, 9.17) is 0 Å². The minimum atomic E-state index is -0.372. The standard InChI is InChI=1S/C6H5.C4H9.Zn/c1-2-4-6-5-3-1;1-4(2)3;/h1-5H;4H,1H2,2-3H3;. The monoisotopic (exact) mass is 198 g/mol. The van der Waals surface area contributed by atoms with E-state index in [-0.39, 0.29) is 17.1 Å². The number of rotatable bonds is 3. The summed E-state index contributed by atoms with van der Waals surface area (Å²) in [5.74, 6) is 0.898. The van der Waals surface area contributed by atoms with Gasteiger partial charge in [0.05, 0.1) is 0 Å². The molecule has 56 valence electrons. The number of hydrogen-bond acceptors (Lipinski definition) is 0. The molecule has 0 N–H and O–H groups in total. The molecule has 0 saturated heterocycles. The van der Waals surface area contributed by atoms with Gasteiger partial charge in [0.1, 0.15) is 0 Å². The third kappa shape index (κ3) is 3.67. The zero-order chi connectivity index (χ0) is 8.10. The maximum atomic E-state index is 2.31. The van der Waals surface area contributed by atoms with Crippen LogP contribution in [0.5, 0.6) is 0 Å². The first-order valence-electron chi connectivity index (χ1n) is 4.33. The molecule has 0 aliphatic rings. The van der Waals surface area contributed by atoms with Gasteiger partial charge in [-0.05, 0) is 0 Å². The fourth-order valence-corrected chi connectivity index (χ4v) is 4.28. The molecule has 11 heavy (non-hydrogen) atoms. The molecule has 0 spiro atoms. The Morgan fingerprint density at radius 3 is 2.36 bits per heavy atom. The van der Waals surface area contributed by atoms with E-state index in [1.54, 1.807) is 4.16 Å². The van der Waals surface area contributed by atoms with Crippen LogP contribution in [-0.2, 0) is 17.1 Å². The van der Waals surface area contributed by atoms with Crippen LogP contribution in [0.3, 0.4) is 0 Å². The number of hydrogen-bond donors (Lipinski definition) is 0. The second-order valence-corrected chi connectivity index (χ2v) is 7.39. The van der Waals surface area contributed by atoms with Crippen molar-refractivity contribution in [1.29, 1.82) is 0 Å². The second kappa shape index (κ2) is 4.67. The second-order valence-electron chi connectivity index (χ2n) is 3.42. The van der Waals surface area contributed by atoms with Crippen LogP contribution in [0.25, 0.3) is 0 Å². The SMILES string of the molecule is CC(C)[CH2][Zn][c]1ccccc1. The van der Waals surface area contributed by atoms with E-state index in [9.17, 15) is 0 Å². The molecule has 0 fully saturated rings. The summed E-state index contributed by atoms with van der Waals surface area (Å²) < 4.78 is 1.65. The molecule has 1 aromatic rings. The number of benzene rings is 1. The Morgan fingerprint density at radius 2 is 1.82 bits per heavy atom. The van der Waals surface area contributed by atoms with Gasteiger partial charge in [-0.25, -0.2) is 0 Å². The molecule has 1 heteroatoms. The molecule has 0 aliphatic carbocycles. The van der Waals surface area contributed by atoms with Gasteiger partial charge in [0.2, 0.25) is 0 Å². The van der Waals surface area contributed by atoms with Crippen LogP contribution in [0.2, 0.25) is 5.02 Å². The summed E-state index contributed by atoms with van der Waals surface area (Å²) >= 11 is -0.372. The van der Waals surface area contributed by atoms with Crippen molar-refractivity contribution in [1.82, 2.24) is 0 Å². The Labute approximate surface area is 76.6 Å². The van der Waals surface area contributed by atoms with Crippen molar-refractivity contribution in [3.05, 3.63) is 30.3 Å². The summed E-state index contributed by atoms with van der Waals surface area (Å²) in [6, 6.07) is 11.0. The minimum absolute atomic E-state index is 0.372. The van der Waals surface area contributed by atoms with Gasteiger partial charge in [-0.3, -0.25) is 0 Å². The predicted octanol–water partition coefficient (Wildman–Crippen LogP) is 2.47. The van der Waals surface area contributed by atoms with Crippen molar-refractivity contribution in [3.8, 4) is 0 Å². The summed E-state index contributed by atoms with van der Waals surface area (Å²) in [5, 5.41) is 1.48. The van der Waals surface area contributed by atoms with Gasteiger partial charge in [-0.1, -0.05) is 0 Å². The van der Waals surface area contributed by atoms with Gasteiger partial charge in [0.15, 0.2) is 0 Å². The molecule has 1 aromatic carbocycles. The van der Waals surface area contributed by atoms with Crippen molar-refractivity contribution in [2.75, 3.05) is 0 Å². The molecule has 0 saturated carbocycles. The summed E-state index contributed by atoms with van der Waals surface area (Å²) in [7, 11) is 0. The molecule has 0 bridgehead atoms. The zero-order valence-corrected chi connectivity index (χ0v) is 10.3. The average Bonchev–Trinajstić information content (AvgIpc) is 2.03. The summed E-state index contributed by atoms with van der Waals surface area (Å²) in [4.78, 5) is 0. The molecule has 0 nitrogen and oxygen atoms in total. The van der Waals surface area contributed by atoms with Crippen LogP contribution in [0.1, 0.15) is 13.8 Å². The first-order chi connectivity index (χ1) is 5.29. The summed E-state index contributed by atoms with van der Waals surface area (Å²) in [6.07, 6.45) is 0. The molecule has 1 rings (SSSR count). The molecule has 0 radical (unpaired) electrons. The molecular weight excluding hydrogens is 185 g/mol. The van der Waals surface area contributed by atoms with Crippen LogP contribution in [0.15, 0.2) is 30.3 Å². The average molecular weight is 200 g/mol. The Bertz CT molecular complexity index is 191. The van der Waals surface area contributed by atoms with E-state index >= 15 is 0 Å². The Kier molecular flexibility index (Phi) is 3.79. The van der Waals surface area contributed by atoms with Gasteiger partial charge in [0, 0.05) is 0 Å². The fraction of sp³-hybridized carbons (Fsp3) is 0.400. The van der Waals surface area contributed by atoms with Crippen molar-refractivity contribution in [2.24, 2.45) is 5.92 Å². The van der Waals surface area contributed by atoms with Crippen LogP contribution in [0.4, 0.5) is 0 Å². The van der Waals surface area contributed by atoms with Crippen LogP contribution < -0.4 is 4.16 Å². The fourth-order valence-electron chi connectivity index (χ4n) is 1.10. The third-order valence-electron chi connectivity index (χ3n) is 1.85. The van der Waals surface area contributed by atoms with Crippen molar-refractivity contribution in [2.45, 2.75) is 18.9 Å². The van der Waals surface area contributed by atoms with Crippen LogP contribution in [-0.4, -0.2) is 0 Å². The van der Waals surface area contributed by atoms with E-state index in [1.165, 1.54) is 5.02 Å². The molecule has 0 aromatic heterocycles. The molecule has 0 unspecified atom stereocenters. The van der Waals surface area contributed by atoms with Gasteiger partial charge < -0.3 is 0 Å². The first-order valence-corrected chi connectivity index (χ1v) is 7.91. The van der Waals surface area contributed by atoms with E-state index < -0.39 is 0 Å². The van der Waals surface area contributed by atoms with Crippen LogP contribution >= 0.6 is 0 Å². The van der Waals surface area contributed by atoms with Crippen molar-refractivity contribution >= 4 is 4.16 Å². The molecule has 0 aliphatic heterocycles. The van der Waals surface area contributed by atoms with E-state index in [0.29, 0.717) is 0 Å². The van der Waals surface area contributed by atoms with Crippen molar-refractivity contribution in [3.63, 3.8) is 0 Å². The molecule has 0 amide bonds. The Morgan fingerprint density at radius 1 is 1.18 bits per heavy atom. The first kappa shape index (κ1) is 8.94. The molecular formula is C10H14Zn. The van der Waals surface area contributed by atoms with Crippen molar-refractivity contribution < 1.29 is 17.1 Å². The Hall–Kier alpha value is -0.157. The molecule has 0 heterocycles. The maximum absolute atomic E-state index is 2.31. The topological polar surface area (TPSA) is 0 Å². The summed E-state index contributed by atoms with van der Waals surface area (Å²) in [6.45, 7) is 4.63. The summed E-state index contributed by atoms with van der Waals surface area (Å²) in [5.41, 5.74) is 0. The Balaban J connectivity index is 2.39. The zero-order valence-electron chi connectivity index (χ0n) is 7.38. The third-order valence-corrected chi connectivity index (χ3v) is 7.08. The predicted molar refractivity (Wildman–Crippen MR) is 45.7 cm³/mol.